The minimum atomic E-state index is -3.78. The highest BCUT2D eigenvalue weighted by Gasteiger charge is 2.27. The van der Waals surface area contributed by atoms with Gasteiger partial charge in [-0.3, -0.25) is 13.9 Å². The number of para-hydroxylation sites is 1. The van der Waals surface area contributed by atoms with Crippen LogP contribution < -0.4 is 19.1 Å². The Balaban J connectivity index is 1.55. The summed E-state index contributed by atoms with van der Waals surface area (Å²) in [6.07, 6.45) is 0. The molecule has 2 amide bonds. The Morgan fingerprint density at radius 2 is 1.71 bits per heavy atom. The minimum Gasteiger partial charge on any atom is -0.486 e. The van der Waals surface area contributed by atoms with Crippen molar-refractivity contribution in [2.24, 2.45) is 0 Å². The molecule has 4 rings (SSSR count). The molecule has 34 heavy (non-hydrogen) atoms. The molecule has 2 aromatic carbocycles. The number of sulfonamides is 1. The summed E-state index contributed by atoms with van der Waals surface area (Å²) in [5.41, 5.74) is 0.945. The van der Waals surface area contributed by atoms with Gasteiger partial charge in [0.05, 0.1) is 35.9 Å². The van der Waals surface area contributed by atoms with Crippen molar-refractivity contribution in [1.29, 1.82) is 0 Å². The third kappa shape index (κ3) is 5.26. The molecule has 1 N–H and O–H groups in total. The molecule has 0 bridgehead atoms. The zero-order valence-electron chi connectivity index (χ0n) is 18.9. The van der Waals surface area contributed by atoms with Gasteiger partial charge in [0.15, 0.2) is 11.5 Å². The van der Waals surface area contributed by atoms with Crippen LogP contribution in [0.4, 0.5) is 11.4 Å². The normalized spacial score (nSPS) is 15.5. The molecule has 2 aliphatic heterocycles. The van der Waals surface area contributed by atoms with E-state index in [1.807, 2.05) is 0 Å². The van der Waals surface area contributed by atoms with Gasteiger partial charge in [0, 0.05) is 19.2 Å². The Morgan fingerprint density at radius 1 is 1.00 bits per heavy atom. The third-order valence-electron chi connectivity index (χ3n) is 5.53. The van der Waals surface area contributed by atoms with Gasteiger partial charge in [-0.1, -0.05) is 12.1 Å². The second-order valence-electron chi connectivity index (χ2n) is 7.73. The summed E-state index contributed by atoms with van der Waals surface area (Å²) in [4.78, 5) is 27.6. The number of carbonyl (C=O) groups is 2. The summed E-state index contributed by atoms with van der Waals surface area (Å²) >= 11 is 0. The van der Waals surface area contributed by atoms with Crippen LogP contribution in [-0.2, 0) is 19.6 Å². The first-order valence-corrected chi connectivity index (χ1v) is 12.7. The Kier molecular flexibility index (Phi) is 7.23. The summed E-state index contributed by atoms with van der Waals surface area (Å²) in [5, 5.41) is 2.71. The molecule has 2 aromatic rings. The van der Waals surface area contributed by atoms with E-state index in [9.17, 15) is 18.0 Å². The van der Waals surface area contributed by atoms with E-state index in [1.54, 1.807) is 47.4 Å². The Morgan fingerprint density at radius 3 is 2.44 bits per heavy atom. The van der Waals surface area contributed by atoms with Crippen LogP contribution in [0.3, 0.4) is 0 Å². The van der Waals surface area contributed by atoms with Crippen LogP contribution in [0.15, 0.2) is 42.5 Å². The number of nitrogens with one attached hydrogen (secondary N) is 1. The number of benzene rings is 2. The first-order valence-electron chi connectivity index (χ1n) is 11.0. The van der Waals surface area contributed by atoms with E-state index in [2.05, 4.69) is 5.32 Å². The predicted molar refractivity (Wildman–Crippen MR) is 126 cm³/mol. The number of hydrogen-bond acceptors (Lipinski definition) is 7. The van der Waals surface area contributed by atoms with E-state index in [1.165, 1.54) is 6.92 Å². The summed E-state index contributed by atoms with van der Waals surface area (Å²) in [6.45, 7) is 3.66. The average molecular weight is 490 g/mol. The van der Waals surface area contributed by atoms with Gasteiger partial charge >= 0.3 is 0 Å². The molecular formula is C23H27N3O7S. The molecule has 0 radical (unpaired) electrons. The van der Waals surface area contributed by atoms with Crippen molar-refractivity contribution in [3.05, 3.63) is 48.0 Å². The van der Waals surface area contributed by atoms with Gasteiger partial charge in [0.1, 0.15) is 19.8 Å². The van der Waals surface area contributed by atoms with Gasteiger partial charge in [0.25, 0.3) is 5.91 Å². The van der Waals surface area contributed by atoms with Gasteiger partial charge < -0.3 is 24.4 Å². The molecule has 0 atom stereocenters. The highest BCUT2D eigenvalue weighted by atomic mass is 32.2. The molecule has 2 aliphatic rings. The lowest BCUT2D eigenvalue weighted by atomic mass is 10.1. The number of amides is 2. The zero-order chi connectivity index (χ0) is 24.1. The van der Waals surface area contributed by atoms with Gasteiger partial charge in [0.2, 0.25) is 15.9 Å². The van der Waals surface area contributed by atoms with Crippen molar-refractivity contribution >= 4 is 33.2 Å². The maximum Gasteiger partial charge on any atom is 0.256 e. The SMILES string of the molecule is CCS(=O)(=O)N(CC(=O)Nc1ccccc1C(=O)N1CCOCC1)c1ccc2c(c1)OCCO2. The second kappa shape index (κ2) is 10.3. The predicted octanol–water partition coefficient (Wildman–Crippen LogP) is 1.72. The molecule has 0 aliphatic carbocycles. The zero-order valence-corrected chi connectivity index (χ0v) is 19.7. The van der Waals surface area contributed by atoms with Crippen LogP contribution in [0.25, 0.3) is 0 Å². The number of nitrogens with zero attached hydrogens (tertiary/aromatic N) is 2. The maximum absolute atomic E-state index is 13.0. The highest BCUT2D eigenvalue weighted by Crippen LogP contribution is 2.35. The van der Waals surface area contributed by atoms with Crippen molar-refractivity contribution < 1.29 is 32.2 Å². The number of rotatable bonds is 7. The van der Waals surface area contributed by atoms with E-state index in [-0.39, 0.29) is 11.7 Å². The first-order chi connectivity index (χ1) is 16.4. The van der Waals surface area contributed by atoms with Gasteiger partial charge in [-0.15, -0.1) is 0 Å². The largest absolute Gasteiger partial charge is 0.486 e. The Bertz CT molecular complexity index is 1160. The molecule has 11 heteroatoms. The summed E-state index contributed by atoms with van der Waals surface area (Å²) < 4.78 is 43.1. The molecule has 0 saturated carbocycles. The molecule has 10 nitrogen and oxygen atoms in total. The lowest BCUT2D eigenvalue weighted by Gasteiger charge is -2.28. The van der Waals surface area contributed by atoms with Crippen LogP contribution in [-0.4, -0.2) is 76.9 Å². The summed E-state index contributed by atoms with van der Waals surface area (Å²) in [7, 11) is -3.78. The molecular weight excluding hydrogens is 462 g/mol. The maximum atomic E-state index is 13.0. The number of hydrogen-bond donors (Lipinski definition) is 1. The fourth-order valence-electron chi connectivity index (χ4n) is 3.73. The van der Waals surface area contributed by atoms with E-state index < -0.39 is 22.5 Å². The van der Waals surface area contributed by atoms with Crippen LogP contribution in [0.2, 0.25) is 0 Å². The quantitative estimate of drug-likeness (QED) is 0.630. The summed E-state index contributed by atoms with van der Waals surface area (Å²) in [5.74, 6) is -0.0511. The van der Waals surface area contributed by atoms with Crippen LogP contribution in [0, 0.1) is 0 Å². The number of carbonyl (C=O) groups excluding carboxylic acids is 2. The number of fused-ring (bicyclic) bond motifs is 1. The lowest BCUT2D eigenvalue weighted by molar-refractivity contribution is -0.114. The van der Waals surface area contributed by atoms with E-state index in [0.29, 0.717) is 68.0 Å². The molecule has 0 unspecified atom stereocenters. The minimum absolute atomic E-state index is 0.194. The topological polar surface area (TPSA) is 114 Å². The Hall–Kier alpha value is -3.31. The fourth-order valence-corrected chi connectivity index (χ4v) is 4.79. The molecule has 2 heterocycles. The Labute approximate surface area is 198 Å². The molecule has 182 valence electrons. The molecule has 0 aromatic heterocycles. The number of anilines is 2. The average Bonchev–Trinajstić information content (AvgIpc) is 2.87. The van der Waals surface area contributed by atoms with Gasteiger partial charge in [-0.2, -0.15) is 0 Å². The fraction of sp³-hybridized carbons (Fsp3) is 0.391. The lowest BCUT2D eigenvalue weighted by Crippen LogP contribution is -2.41. The molecule has 1 fully saturated rings. The van der Waals surface area contributed by atoms with Crippen molar-refractivity contribution in [2.45, 2.75) is 6.92 Å². The smallest absolute Gasteiger partial charge is 0.256 e. The van der Waals surface area contributed by atoms with Crippen molar-refractivity contribution in [3.63, 3.8) is 0 Å². The van der Waals surface area contributed by atoms with Crippen LogP contribution in [0.5, 0.6) is 11.5 Å². The van der Waals surface area contributed by atoms with E-state index in [0.717, 1.165) is 4.31 Å². The monoisotopic (exact) mass is 489 g/mol. The van der Waals surface area contributed by atoms with Crippen molar-refractivity contribution in [3.8, 4) is 11.5 Å². The third-order valence-corrected chi connectivity index (χ3v) is 7.27. The van der Waals surface area contributed by atoms with E-state index in [4.69, 9.17) is 14.2 Å². The van der Waals surface area contributed by atoms with Gasteiger partial charge in [-0.05, 0) is 31.2 Å². The number of ether oxygens (including phenoxy) is 3. The summed E-state index contributed by atoms with van der Waals surface area (Å²) in [6, 6.07) is 11.4. The van der Waals surface area contributed by atoms with Crippen molar-refractivity contribution in [1.82, 2.24) is 4.90 Å². The molecule has 0 spiro atoms. The van der Waals surface area contributed by atoms with Crippen LogP contribution in [0.1, 0.15) is 17.3 Å². The first kappa shape index (κ1) is 23.8. The second-order valence-corrected chi connectivity index (χ2v) is 9.92. The van der Waals surface area contributed by atoms with Crippen molar-refractivity contribution in [2.75, 3.05) is 61.4 Å². The van der Waals surface area contributed by atoms with Gasteiger partial charge in [-0.25, -0.2) is 8.42 Å². The highest BCUT2D eigenvalue weighted by molar-refractivity contribution is 7.92. The van der Waals surface area contributed by atoms with Crippen LogP contribution >= 0.6 is 0 Å². The standard InChI is InChI=1S/C23H27N3O7S/c1-2-34(29,30)26(17-7-8-20-21(15-17)33-14-13-32-20)16-22(27)24-19-6-4-3-5-18(19)23(28)25-9-11-31-12-10-25/h3-8,15H,2,9-14,16H2,1H3,(H,24,27). The number of morpholine rings is 1. The molecule has 1 saturated heterocycles. The van der Waals surface area contributed by atoms with E-state index >= 15 is 0 Å².